The molecule has 0 spiro atoms. The largest absolute Gasteiger partial charge is 0.478 e. The van der Waals surface area contributed by atoms with Gasteiger partial charge in [-0.05, 0) is 52.2 Å². The van der Waals surface area contributed by atoms with Gasteiger partial charge in [0.05, 0.1) is 23.1 Å². The fourth-order valence-corrected chi connectivity index (χ4v) is 2.44. The minimum Gasteiger partial charge on any atom is -0.478 e. The van der Waals surface area contributed by atoms with E-state index in [1.54, 1.807) is 18.3 Å². The standard InChI is InChI=1S/C14H12BrClN2O2/c1-2-8-5-10(7-17-13(8)15)18-12-4-3-9(16)6-11(12)14(19)20/h3-7,18H,2H2,1H3,(H,19,20). The van der Waals surface area contributed by atoms with E-state index in [1.807, 2.05) is 13.0 Å². The van der Waals surface area contributed by atoms with Gasteiger partial charge in [-0.2, -0.15) is 0 Å². The lowest BCUT2D eigenvalue weighted by Gasteiger charge is -2.11. The third-order valence-electron chi connectivity index (χ3n) is 2.78. The average Bonchev–Trinajstić information content (AvgIpc) is 2.42. The highest BCUT2D eigenvalue weighted by atomic mass is 79.9. The molecule has 0 atom stereocenters. The molecule has 0 radical (unpaired) electrons. The molecule has 0 saturated carbocycles. The number of anilines is 2. The topological polar surface area (TPSA) is 62.2 Å². The van der Waals surface area contributed by atoms with E-state index >= 15 is 0 Å². The van der Waals surface area contributed by atoms with E-state index in [2.05, 4.69) is 26.2 Å². The van der Waals surface area contributed by atoms with Crippen molar-refractivity contribution >= 4 is 44.9 Å². The molecule has 1 aromatic carbocycles. The maximum atomic E-state index is 11.2. The summed E-state index contributed by atoms with van der Waals surface area (Å²) in [5, 5.41) is 12.6. The van der Waals surface area contributed by atoms with Gasteiger partial charge in [0.25, 0.3) is 0 Å². The van der Waals surface area contributed by atoms with Crippen molar-refractivity contribution in [1.29, 1.82) is 0 Å². The van der Waals surface area contributed by atoms with Gasteiger partial charge in [-0.15, -0.1) is 0 Å². The number of hydrogen-bond donors (Lipinski definition) is 2. The smallest absolute Gasteiger partial charge is 0.337 e. The van der Waals surface area contributed by atoms with E-state index in [0.29, 0.717) is 10.7 Å². The van der Waals surface area contributed by atoms with Crippen LogP contribution in [0.4, 0.5) is 11.4 Å². The van der Waals surface area contributed by atoms with Gasteiger partial charge in [-0.25, -0.2) is 9.78 Å². The first-order valence-corrected chi connectivity index (χ1v) is 7.12. The first-order chi connectivity index (χ1) is 9.51. The zero-order valence-corrected chi connectivity index (χ0v) is 13.0. The summed E-state index contributed by atoms with van der Waals surface area (Å²) in [6.07, 6.45) is 2.47. The molecule has 0 unspecified atom stereocenters. The van der Waals surface area contributed by atoms with Gasteiger partial charge in [0.1, 0.15) is 4.60 Å². The molecule has 20 heavy (non-hydrogen) atoms. The number of aromatic carboxylic acids is 1. The van der Waals surface area contributed by atoms with Crippen LogP contribution >= 0.6 is 27.5 Å². The average molecular weight is 356 g/mol. The van der Waals surface area contributed by atoms with Gasteiger partial charge in [0, 0.05) is 5.02 Å². The lowest BCUT2D eigenvalue weighted by Crippen LogP contribution is -2.03. The zero-order chi connectivity index (χ0) is 14.7. The van der Waals surface area contributed by atoms with Crippen molar-refractivity contribution in [3.05, 3.63) is 51.2 Å². The normalized spacial score (nSPS) is 10.3. The number of nitrogens with zero attached hydrogens (tertiary/aromatic N) is 1. The molecule has 0 saturated heterocycles. The van der Waals surface area contributed by atoms with Gasteiger partial charge in [0.15, 0.2) is 0 Å². The number of carboxylic acids is 1. The van der Waals surface area contributed by atoms with Gasteiger partial charge < -0.3 is 10.4 Å². The number of aromatic nitrogens is 1. The third-order valence-corrected chi connectivity index (χ3v) is 3.73. The Kier molecular flexibility index (Phi) is 4.62. The fraction of sp³-hybridized carbons (Fsp3) is 0.143. The van der Waals surface area contributed by atoms with Crippen molar-refractivity contribution in [2.45, 2.75) is 13.3 Å². The van der Waals surface area contributed by atoms with Crippen LogP contribution in [0.2, 0.25) is 5.02 Å². The summed E-state index contributed by atoms with van der Waals surface area (Å²) in [5.41, 5.74) is 2.38. The lowest BCUT2D eigenvalue weighted by atomic mass is 10.1. The molecule has 4 nitrogen and oxygen atoms in total. The molecule has 6 heteroatoms. The van der Waals surface area contributed by atoms with E-state index < -0.39 is 5.97 Å². The molecule has 0 aliphatic rings. The highest BCUT2D eigenvalue weighted by Crippen LogP contribution is 2.26. The summed E-state index contributed by atoms with van der Waals surface area (Å²) < 4.78 is 0.792. The molecule has 0 fully saturated rings. The number of benzene rings is 1. The number of pyridine rings is 1. The van der Waals surface area contributed by atoms with E-state index in [9.17, 15) is 9.90 Å². The number of hydrogen-bond acceptors (Lipinski definition) is 3. The first kappa shape index (κ1) is 14.8. The predicted molar refractivity (Wildman–Crippen MR) is 83.0 cm³/mol. The molecule has 0 aliphatic carbocycles. The van der Waals surface area contributed by atoms with Crippen molar-refractivity contribution in [1.82, 2.24) is 4.98 Å². The highest BCUT2D eigenvalue weighted by molar-refractivity contribution is 9.10. The van der Waals surface area contributed by atoms with Crippen LogP contribution in [0.3, 0.4) is 0 Å². The number of aryl methyl sites for hydroxylation is 1. The van der Waals surface area contributed by atoms with Crippen molar-refractivity contribution in [3.8, 4) is 0 Å². The summed E-state index contributed by atoms with van der Waals surface area (Å²) in [6.45, 7) is 2.02. The maximum Gasteiger partial charge on any atom is 0.337 e. The van der Waals surface area contributed by atoms with Crippen LogP contribution in [0.5, 0.6) is 0 Å². The van der Waals surface area contributed by atoms with Crippen molar-refractivity contribution in [3.63, 3.8) is 0 Å². The Labute approximate surface area is 129 Å². The fourth-order valence-electron chi connectivity index (χ4n) is 1.77. The Bertz CT molecular complexity index is 662. The van der Waals surface area contributed by atoms with E-state index in [-0.39, 0.29) is 5.56 Å². The van der Waals surface area contributed by atoms with Crippen LogP contribution in [0, 0.1) is 0 Å². The second kappa shape index (κ2) is 6.24. The molecule has 0 bridgehead atoms. The summed E-state index contributed by atoms with van der Waals surface area (Å²) in [7, 11) is 0. The van der Waals surface area contributed by atoms with Crippen LogP contribution in [-0.2, 0) is 6.42 Å². The number of carboxylic acid groups (broad SMARTS) is 1. The summed E-state index contributed by atoms with van der Waals surface area (Å²) in [5.74, 6) is -1.03. The number of halogens is 2. The SMILES string of the molecule is CCc1cc(Nc2ccc(Cl)cc2C(=O)O)cnc1Br. The van der Waals surface area contributed by atoms with Gasteiger partial charge in [-0.3, -0.25) is 0 Å². The van der Waals surface area contributed by atoms with E-state index in [1.165, 1.54) is 6.07 Å². The molecule has 1 aromatic heterocycles. The molecular formula is C14H12BrClN2O2. The second-order valence-electron chi connectivity index (χ2n) is 4.15. The third kappa shape index (κ3) is 3.29. The van der Waals surface area contributed by atoms with Gasteiger partial charge >= 0.3 is 5.97 Å². The van der Waals surface area contributed by atoms with Crippen molar-refractivity contribution in [2.75, 3.05) is 5.32 Å². The Hall–Kier alpha value is -1.59. The second-order valence-corrected chi connectivity index (χ2v) is 5.34. The molecule has 0 aliphatic heterocycles. The summed E-state index contributed by atoms with van der Waals surface area (Å²) >= 11 is 9.20. The first-order valence-electron chi connectivity index (χ1n) is 5.95. The highest BCUT2D eigenvalue weighted by Gasteiger charge is 2.11. The quantitative estimate of drug-likeness (QED) is 0.793. The van der Waals surface area contributed by atoms with Gasteiger partial charge in [-0.1, -0.05) is 18.5 Å². The molecule has 1 heterocycles. The van der Waals surface area contributed by atoms with Crippen LogP contribution in [-0.4, -0.2) is 16.1 Å². The van der Waals surface area contributed by atoms with Crippen molar-refractivity contribution < 1.29 is 9.90 Å². The molecule has 2 aromatic rings. The van der Waals surface area contributed by atoms with E-state index in [0.717, 1.165) is 22.3 Å². The molecule has 2 rings (SSSR count). The number of nitrogens with one attached hydrogen (secondary N) is 1. The molecule has 2 N–H and O–H groups in total. The number of rotatable bonds is 4. The van der Waals surface area contributed by atoms with Crippen LogP contribution in [0.15, 0.2) is 35.1 Å². The van der Waals surface area contributed by atoms with E-state index in [4.69, 9.17) is 11.6 Å². The van der Waals surface area contributed by atoms with Crippen molar-refractivity contribution in [2.24, 2.45) is 0 Å². The van der Waals surface area contributed by atoms with Gasteiger partial charge in [0.2, 0.25) is 0 Å². The maximum absolute atomic E-state index is 11.2. The minimum absolute atomic E-state index is 0.124. The summed E-state index contributed by atoms with van der Waals surface area (Å²) in [6, 6.07) is 6.62. The minimum atomic E-state index is -1.03. The number of carbonyl (C=O) groups is 1. The molecule has 104 valence electrons. The monoisotopic (exact) mass is 354 g/mol. The molecule has 0 amide bonds. The van der Waals surface area contributed by atoms with Crippen LogP contribution < -0.4 is 5.32 Å². The predicted octanol–water partition coefficient (Wildman–Crippen LogP) is 4.50. The Morgan fingerprint density at radius 3 is 2.85 bits per heavy atom. The van der Waals surface area contributed by atoms with Crippen LogP contribution in [0.1, 0.15) is 22.8 Å². The zero-order valence-electron chi connectivity index (χ0n) is 10.7. The van der Waals surface area contributed by atoms with Crippen LogP contribution in [0.25, 0.3) is 0 Å². The lowest BCUT2D eigenvalue weighted by molar-refractivity contribution is 0.0698. The Morgan fingerprint density at radius 1 is 1.45 bits per heavy atom. The summed E-state index contributed by atoms with van der Waals surface area (Å²) in [4.78, 5) is 15.4. The molecular weight excluding hydrogens is 344 g/mol. The Balaban J connectivity index is 2.37. The Morgan fingerprint density at radius 2 is 2.20 bits per heavy atom.